The number of hydrogen-bond acceptors (Lipinski definition) is 2. The summed E-state index contributed by atoms with van der Waals surface area (Å²) in [6.45, 7) is 4.13. The molecule has 0 fully saturated rings. The molecular formula is C47H42N4OPt-2. The van der Waals surface area contributed by atoms with Gasteiger partial charge in [0.25, 0.3) is 0 Å². The summed E-state index contributed by atoms with van der Waals surface area (Å²) < 4.78 is 40.2. The first-order chi connectivity index (χ1) is 26.9. The number of aryl methyl sites for hydroxylation is 3. The van der Waals surface area contributed by atoms with Crippen LogP contribution in [0.1, 0.15) is 72.4 Å². The van der Waals surface area contributed by atoms with Gasteiger partial charge >= 0.3 is 202 Å². The van der Waals surface area contributed by atoms with Crippen molar-refractivity contribution in [2.24, 2.45) is 7.05 Å². The predicted octanol–water partition coefficient (Wildman–Crippen LogP) is 11.5. The molecule has 6 heteroatoms. The van der Waals surface area contributed by atoms with Crippen molar-refractivity contribution in [3.63, 3.8) is 0 Å². The van der Waals surface area contributed by atoms with E-state index in [1.807, 2.05) is 47.0 Å². The van der Waals surface area contributed by atoms with Gasteiger partial charge in [-0.25, -0.2) is 4.98 Å². The third-order valence-electron chi connectivity index (χ3n) is 10.8. The SMILES string of the molecule is [2H]C([2H])([2H])c1cc(-n2c3[c-]c(Oc4[c-]c5c(cc4)CCCCC5n4[c](=[Pt])n(C)c5ccccc54)ccc3c3ccccc32)ncc1-c1ccc(C(C)(C)C)cc1. The van der Waals surface area contributed by atoms with Crippen LogP contribution in [0.15, 0.2) is 109 Å². The quantitative estimate of drug-likeness (QED) is 0.128. The van der Waals surface area contributed by atoms with E-state index in [-0.39, 0.29) is 17.0 Å². The molecule has 53 heavy (non-hydrogen) atoms. The van der Waals surface area contributed by atoms with E-state index in [1.54, 1.807) is 12.3 Å². The van der Waals surface area contributed by atoms with Gasteiger partial charge in [-0.05, 0) is 41.1 Å². The van der Waals surface area contributed by atoms with Crippen LogP contribution in [0.25, 0.3) is 49.8 Å². The van der Waals surface area contributed by atoms with Gasteiger partial charge in [-0.1, -0.05) is 63.2 Å². The second-order valence-corrected chi connectivity index (χ2v) is 16.2. The van der Waals surface area contributed by atoms with E-state index < -0.39 is 6.85 Å². The van der Waals surface area contributed by atoms with Gasteiger partial charge in [-0.2, -0.15) is 0 Å². The van der Waals surface area contributed by atoms with Crippen LogP contribution in [0.4, 0.5) is 0 Å². The molecule has 3 aromatic heterocycles. The van der Waals surface area contributed by atoms with Gasteiger partial charge in [-0.15, -0.1) is 0 Å². The van der Waals surface area contributed by atoms with Crippen LogP contribution < -0.4 is 4.74 Å². The molecule has 1 aliphatic carbocycles. The molecule has 0 radical (unpaired) electrons. The number of hydrogen-bond donors (Lipinski definition) is 0. The molecular weight excluding hydrogens is 832 g/mol. The molecule has 0 saturated carbocycles. The Morgan fingerprint density at radius 1 is 0.830 bits per heavy atom. The van der Waals surface area contributed by atoms with E-state index >= 15 is 0 Å². The Labute approximate surface area is 326 Å². The Kier molecular flexibility index (Phi) is 7.56. The first-order valence-electron chi connectivity index (χ1n) is 19.8. The maximum atomic E-state index is 8.58. The Morgan fingerprint density at radius 3 is 2.36 bits per heavy atom. The zero-order chi connectivity index (χ0) is 38.9. The number of ether oxygens (including phenoxy) is 1. The van der Waals surface area contributed by atoms with E-state index in [2.05, 4.69) is 123 Å². The van der Waals surface area contributed by atoms with Crippen LogP contribution >= 0.6 is 0 Å². The van der Waals surface area contributed by atoms with Gasteiger partial charge < -0.3 is 0 Å². The van der Waals surface area contributed by atoms with Crippen molar-refractivity contribution in [3.05, 3.63) is 148 Å². The van der Waals surface area contributed by atoms with E-state index in [0.29, 0.717) is 22.9 Å². The first-order valence-corrected chi connectivity index (χ1v) is 19.4. The molecule has 0 bridgehead atoms. The monoisotopic (exact) mass is 876 g/mol. The fourth-order valence-corrected chi connectivity index (χ4v) is 8.87. The van der Waals surface area contributed by atoms with E-state index in [4.69, 9.17) is 13.8 Å². The number of imidazole rings is 1. The minimum Gasteiger partial charge on any atom is -0.238 e. The molecule has 5 nitrogen and oxygen atoms in total. The van der Waals surface area contributed by atoms with Crippen LogP contribution in [0.5, 0.6) is 11.5 Å². The zero-order valence-electron chi connectivity index (χ0n) is 33.3. The number of para-hydroxylation sites is 3. The molecule has 8 aromatic rings. The van der Waals surface area contributed by atoms with Gasteiger partial charge in [0.2, 0.25) is 0 Å². The van der Waals surface area contributed by atoms with Gasteiger partial charge in [0.1, 0.15) is 0 Å². The van der Waals surface area contributed by atoms with Crippen molar-refractivity contribution in [2.45, 2.75) is 64.8 Å². The Morgan fingerprint density at radius 2 is 1.57 bits per heavy atom. The second kappa shape index (κ2) is 13.1. The molecule has 3 heterocycles. The van der Waals surface area contributed by atoms with Crippen LogP contribution in [-0.2, 0) is 38.2 Å². The Bertz CT molecular complexity index is 2860. The molecule has 1 atom stereocenters. The van der Waals surface area contributed by atoms with E-state index in [0.717, 1.165) is 53.1 Å². The summed E-state index contributed by atoms with van der Waals surface area (Å²) in [5.74, 6) is 1.68. The van der Waals surface area contributed by atoms with Crippen LogP contribution in [0, 0.1) is 22.8 Å². The Balaban J connectivity index is 1.13. The van der Waals surface area contributed by atoms with Crippen LogP contribution in [0.3, 0.4) is 0 Å². The molecule has 1 aliphatic rings. The summed E-state index contributed by atoms with van der Waals surface area (Å²) in [6.07, 6.45) is 5.99. The second-order valence-electron chi connectivity index (χ2n) is 15.1. The molecule has 0 saturated heterocycles. The van der Waals surface area contributed by atoms with Crippen molar-refractivity contribution in [3.8, 4) is 28.4 Å². The average molecular weight is 877 g/mol. The number of pyridine rings is 1. The summed E-state index contributed by atoms with van der Waals surface area (Å²) in [7, 11) is 2.13. The number of aromatic nitrogens is 4. The third-order valence-corrected chi connectivity index (χ3v) is 12.1. The molecule has 0 aliphatic heterocycles. The summed E-state index contributed by atoms with van der Waals surface area (Å²) in [5.41, 5.74) is 9.39. The predicted molar refractivity (Wildman–Crippen MR) is 211 cm³/mol. The van der Waals surface area contributed by atoms with Gasteiger partial charge in [0, 0.05) is 15.9 Å². The van der Waals surface area contributed by atoms with Crippen molar-refractivity contribution < 1.29 is 28.2 Å². The number of fused-ring (bicyclic) bond motifs is 5. The van der Waals surface area contributed by atoms with E-state index in [1.165, 1.54) is 31.5 Å². The van der Waals surface area contributed by atoms with Crippen LogP contribution in [-0.4, -0.2) is 18.7 Å². The molecule has 1 unspecified atom stereocenters. The Hall–Kier alpha value is -4.99. The minimum atomic E-state index is -2.37. The van der Waals surface area contributed by atoms with E-state index in [9.17, 15) is 0 Å². The zero-order valence-corrected chi connectivity index (χ0v) is 32.6. The standard InChI is InChI=1S/C47H42N4O.Pt/c1-31-26-46(48-29-40(31)33-18-21-34(22-19-33)47(2,3)4)51-42-15-9-7-13-37(42)38-25-24-36(28-45(38)51)52-35-23-20-32-12-6-8-14-41(39(32)27-35)50-30-49(5)43-16-10-11-17-44(43)50;/h7,9-11,13,15-26,29,41H,6,8,12,14H2,1-5H3;/q-2;/i1D3;. The van der Waals surface area contributed by atoms with Crippen molar-refractivity contribution in [1.82, 2.24) is 18.7 Å². The summed E-state index contributed by atoms with van der Waals surface area (Å²) in [4.78, 5) is 4.92. The van der Waals surface area contributed by atoms with Gasteiger partial charge in [0.15, 0.2) is 0 Å². The molecule has 0 N–H and O–H groups in total. The molecule has 5 aromatic carbocycles. The normalized spacial score (nSPS) is 16.0. The fourth-order valence-electron chi connectivity index (χ4n) is 7.97. The first kappa shape index (κ1) is 30.5. The van der Waals surface area contributed by atoms with Crippen LogP contribution in [0.2, 0.25) is 0 Å². The maximum absolute atomic E-state index is 8.58. The number of nitrogens with zero attached hydrogens (tertiary/aromatic N) is 4. The van der Waals surface area contributed by atoms with Crippen molar-refractivity contribution >= 4 is 32.8 Å². The molecule has 9 rings (SSSR count). The smallest absolute Gasteiger partial charge is 0.238 e. The minimum absolute atomic E-state index is 0.0156. The van der Waals surface area contributed by atoms with Crippen molar-refractivity contribution in [2.75, 3.05) is 0 Å². The summed E-state index contributed by atoms with van der Waals surface area (Å²) in [6, 6.07) is 42.2. The average Bonchev–Trinajstić information content (AvgIpc) is 3.54. The van der Waals surface area contributed by atoms with Crippen molar-refractivity contribution in [1.29, 1.82) is 0 Å². The van der Waals surface area contributed by atoms with Gasteiger partial charge in [-0.3, -0.25) is 0 Å². The molecule has 0 amide bonds. The fraction of sp³-hybridized carbons (Fsp3) is 0.234. The molecule has 268 valence electrons. The topological polar surface area (TPSA) is 36.9 Å². The molecule has 0 spiro atoms. The summed E-state index contributed by atoms with van der Waals surface area (Å²) in [5, 5.41) is 1.99. The summed E-state index contributed by atoms with van der Waals surface area (Å²) >= 11 is 2.45. The number of rotatable bonds is 5. The number of benzene rings is 5. The third kappa shape index (κ3) is 5.90. The van der Waals surface area contributed by atoms with Gasteiger partial charge in [0.05, 0.1) is 0 Å².